The van der Waals surface area contributed by atoms with Crippen molar-refractivity contribution in [3.63, 3.8) is 0 Å². The SMILES string of the molecule is CCCCOc1ccc(-c2nnc(Cl)o2)cc1. The third kappa shape index (κ3) is 3.20. The van der Waals surface area contributed by atoms with Crippen LogP contribution in [0.25, 0.3) is 11.5 Å². The Labute approximate surface area is 105 Å². The van der Waals surface area contributed by atoms with Crippen LogP contribution in [-0.4, -0.2) is 16.8 Å². The van der Waals surface area contributed by atoms with Crippen molar-refractivity contribution >= 4 is 11.6 Å². The smallest absolute Gasteiger partial charge is 0.313 e. The number of halogens is 1. The number of ether oxygens (including phenoxy) is 1. The molecule has 0 atom stereocenters. The van der Waals surface area contributed by atoms with E-state index in [1.807, 2.05) is 24.3 Å². The molecule has 0 fully saturated rings. The minimum atomic E-state index is 0.0447. The Kier molecular flexibility index (Phi) is 3.98. The minimum Gasteiger partial charge on any atom is -0.494 e. The highest BCUT2D eigenvalue weighted by Gasteiger charge is 2.06. The van der Waals surface area contributed by atoms with Crippen LogP contribution in [0.1, 0.15) is 19.8 Å². The van der Waals surface area contributed by atoms with Gasteiger partial charge in [-0.05, 0) is 42.3 Å². The van der Waals surface area contributed by atoms with E-state index in [-0.39, 0.29) is 5.35 Å². The van der Waals surface area contributed by atoms with Crippen molar-refractivity contribution in [1.82, 2.24) is 10.2 Å². The van der Waals surface area contributed by atoms with E-state index in [9.17, 15) is 0 Å². The van der Waals surface area contributed by atoms with Crippen LogP contribution in [0, 0.1) is 0 Å². The van der Waals surface area contributed by atoms with E-state index < -0.39 is 0 Å². The van der Waals surface area contributed by atoms with Crippen molar-refractivity contribution in [1.29, 1.82) is 0 Å². The number of unbranched alkanes of at least 4 members (excludes halogenated alkanes) is 1. The van der Waals surface area contributed by atoms with Gasteiger partial charge < -0.3 is 9.15 Å². The van der Waals surface area contributed by atoms with Gasteiger partial charge in [-0.15, -0.1) is 5.10 Å². The van der Waals surface area contributed by atoms with Crippen LogP contribution in [0.15, 0.2) is 28.7 Å². The lowest BCUT2D eigenvalue weighted by Crippen LogP contribution is -1.95. The average molecular weight is 253 g/mol. The Morgan fingerprint density at radius 3 is 2.59 bits per heavy atom. The highest BCUT2D eigenvalue weighted by molar-refractivity contribution is 6.27. The van der Waals surface area contributed by atoms with Gasteiger partial charge >= 0.3 is 5.35 Å². The normalized spacial score (nSPS) is 10.5. The van der Waals surface area contributed by atoms with Crippen LogP contribution in [0.3, 0.4) is 0 Å². The van der Waals surface area contributed by atoms with Gasteiger partial charge in [0.25, 0.3) is 0 Å². The molecule has 2 aromatic rings. The first kappa shape index (κ1) is 11.9. The van der Waals surface area contributed by atoms with Gasteiger partial charge in [-0.2, -0.15) is 0 Å². The number of aromatic nitrogens is 2. The molecule has 0 bridgehead atoms. The maximum absolute atomic E-state index is 5.56. The standard InChI is InChI=1S/C12H13ClN2O2/c1-2-3-8-16-10-6-4-9(5-7-10)11-14-15-12(13)17-11/h4-7H,2-3,8H2,1H3. The highest BCUT2D eigenvalue weighted by atomic mass is 35.5. The van der Waals surface area contributed by atoms with Gasteiger partial charge in [-0.1, -0.05) is 18.4 Å². The van der Waals surface area contributed by atoms with Gasteiger partial charge in [0.05, 0.1) is 6.61 Å². The molecule has 2 rings (SSSR count). The highest BCUT2D eigenvalue weighted by Crippen LogP contribution is 2.22. The van der Waals surface area contributed by atoms with Crippen LogP contribution >= 0.6 is 11.6 Å². The third-order valence-corrected chi connectivity index (χ3v) is 2.42. The molecule has 1 aromatic carbocycles. The fourth-order valence-electron chi connectivity index (χ4n) is 1.35. The first-order valence-corrected chi connectivity index (χ1v) is 5.89. The van der Waals surface area contributed by atoms with Crippen LogP contribution in [-0.2, 0) is 0 Å². The monoisotopic (exact) mass is 252 g/mol. The summed E-state index contributed by atoms with van der Waals surface area (Å²) in [4.78, 5) is 0. The molecular formula is C12H13ClN2O2. The van der Waals surface area contributed by atoms with Gasteiger partial charge in [-0.25, -0.2) is 0 Å². The van der Waals surface area contributed by atoms with Crippen LogP contribution in [0.5, 0.6) is 5.75 Å². The second-order valence-corrected chi connectivity index (χ2v) is 3.91. The summed E-state index contributed by atoms with van der Waals surface area (Å²) in [5.74, 6) is 1.25. The van der Waals surface area contributed by atoms with Crippen LogP contribution in [0.4, 0.5) is 0 Å². The number of hydrogen-bond acceptors (Lipinski definition) is 4. The van der Waals surface area contributed by atoms with Crippen molar-refractivity contribution in [2.24, 2.45) is 0 Å². The fourth-order valence-corrected chi connectivity index (χ4v) is 1.46. The number of rotatable bonds is 5. The Hall–Kier alpha value is -1.55. The van der Waals surface area contributed by atoms with Gasteiger partial charge in [0, 0.05) is 5.56 Å². The van der Waals surface area contributed by atoms with Gasteiger partial charge in [0.15, 0.2) is 0 Å². The minimum absolute atomic E-state index is 0.0447. The quantitative estimate of drug-likeness (QED) is 0.764. The first-order chi connectivity index (χ1) is 8.29. The van der Waals surface area contributed by atoms with Crippen LogP contribution in [0.2, 0.25) is 5.35 Å². The van der Waals surface area contributed by atoms with E-state index in [2.05, 4.69) is 17.1 Å². The summed E-state index contributed by atoms with van der Waals surface area (Å²) in [5.41, 5.74) is 0.826. The summed E-state index contributed by atoms with van der Waals surface area (Å²) in [6.07, 6.45) is 2.18. The number of benzene rings is 1. The second kappa shape index (κ2) is 5.68. The zero-order valence-electron chi connectivity index (χ0n) is 9.52. The average Bonchev–Trinajstić information content (AvgIpc) is 2.77. The molecule has 0 aliphatic rings. The molecule has 5 heteroatoms. The van der Waals surface area contributed by atoms with Crippen molar-refractivity contribution in [3.05, 3.63) is 29.6 Å². The summed E-state index contributed by atoms with van der Waals surface area (Å²) < 4.78 is 10.7. The summed E-state index contributed by atoms with van der Waals surface area (Å²) in [5, 5.41) is 7.44. The van der Waals surface area contributed by atoms with Crippen LogP contribution < -0.4 is 4.74 Å². The molecule has 0 N–H and O–H groups in total. The van der Waals surface area contributed by atoms with E-state index in [1.165, 1.54) is 0 Å². The maximum Gasteiger partial charge on any atom is 0.313 e. The molecule has 0 saturated heterocycles. The Bertz CT molecular complexity index is 468. The summed E-state index contributed by atoms with van der Waals surface area (Å²) in [7, 11) is 0. The van der Waals surface area contributed by atoms with E-state index in [4.69, 9.17) is 20.8 Å². The number of hydrogen-bond donors (Lipinski definition) is 0. The largest absolute Gasteiger partial charge is 0.494 e. The summed E-state index contributed by atoms with van der Waals surface area (Å²) >= 11 is 5.56. The van der Waals surface area contributed by atoms with E-state index in [0.717, 1.165) is 30.8 Å². The number of nitrogens with zero attached hydrogens (tertiary/aromatic N) is 2. The predicted molar refractivity (Wildman–Crippen MR) is 65.1 cm³/mol. The molecule has 17 heavy (non-hydrogen) atoms. The Morgan fingerprint density at radius 1 is 1.24 bits per heavy atom. The Balaban J connectivity index is 2.02. The van der Waals surface area contributed by atoms with E-state index in [0.29, 0.717) is 5.89 Å². The van der Waals surface area contributed by atoms with E-state index >= 15 is 0 Å². The summed E-state index contributed by atoms with van der Waals surface area (Å²) in [6, 6.07) is 7.49. The molecule has 1 aromatic heterocycles. The molecule has 0 aliphatic carbocycles. The predicted octanol–water partition coefficient (Wildman–Crippen LogP) is 3.57. The molecular weight excluding hydrogens is 240 g/mol. The molecule has 0 spiro atoms. The Morgan fingerprint density at radius 2 is 2.00 bits per heavy atom. The topological polar surface area (TPSA) is 48.2 Å². The van der Waals surface area contributed by atoms with Gasteiger partial charge in [-0.3, -0.25) is 0 Å². The molecule has 0 radical (unpaired) electrons. The van der Waals surface area contributed by atoms with Gasteiger partial charge in [0.1, 0.15) is 5.75 Å². The van der Waals surface area contributed by atoms with Gasteiger partial charge in [0.2, 0.25) is 5.89 Å². The molecule has 90 valence electrons. The lowest BCUT2D eigenvalue weighted by molar-refractivity contribution is 0.309. The van der Waals surface area contributed by atoms with Crippen molar-refractivity contribution in [2.45, 2.75) is 19.8 Å². The molecule has 0 unspecified atom stereocenters. The van der Waals surface area contributed by atoms with E-state index in [1.54, 1.807) is 0 Å². The maximum atomic E-state index is 5.56. The first-order valence-electron chi connectivity index (χ1n) is 5.52. The second-order valence-electron chi connectivity index (χ2n) is 3.59. The molecule has 0 aliphatic heterocycles. The molecule has 1 heterocycles. The zero-order valence-corrected chi connectivity index (χ0v) is 10.3. The lowest BCUT2D eigenvalue weighted by atomic mass is 10.2. The van der Waals surface area contributed by atoms with Crippen molar-refractivity contribution in [2.75, 3.05) is 6.61 Å². The van der Waals surface area contributed by atoms with Crippen molar-refractivity contribution < 1.29 is 9.15 Å². The fraction of sp³-hybridized carbons (Fsp3) is 0.333. The third-order valence-electron chi connectivity index (χ3n) is 2.27. The van der Waals surface area contributed by atoms with Crippen molar-refractivity contribution in [3.8, 4) is 17.2 Å². The summed E-state index contributed by atoms with van der Waals surface area (Å²) in [6.45, 7) is 2.87. The zero-order chi connectivity index (χ0) is 12.1. The molecule has 0 amide bonds. The molecule has 4 nitrogen and oxygen atoms in total. The lowest BCUT2D eigenvalue weighted by Gasteiger charge is -2.04. The molecule has 0 saturated carbocycles.